The summed E-state index contributed by atoms with van der Waals surface area (Å²) in [6, 6.07) is 11.8. The molecule has 0 aliphatic carbocycles. The fraction of sp³-hybridized carbons (Fsp3) is 0.125. The van der Waals surface area contributed by atoms with E-state index in [0.29, 0.717) is 17.8 Å². The highest BCUT2D eigenvalue weighted by Crippen LogP contribution is 2.16. The largest absolute Gasteiger partial charge is 0.481 e. The second-order valence-corrected chi connectivity index (χ2v) is 4.97. The lowest BCUT2D eigenvalue weighted by molar-refractivity contribution is -0.384. The molecule has 0 saturated carbocycles. The van der Waals surface area contributed by atoms with Crippen LogP contribution in [0.5, 0.6) is 0 Å². The Morgan fingerprint density at radius 1 is 0.958 bits per heavy atom. The third-order valence-corrected chi connectivity index (χ3v) is 3.18. The SMILES string of the molecule is O=C(O)CCc1ccc(NC(=O)Nc2ccc([N+](=O)[O-])cc2)cc1. The number of hydrogen-bond donors (Lipinski definition) is 3. The van der Waals surface area contributed by atoms with E-state index in [1.165, 1.54) is 24.3 Å². The first-order chi connectivity index (χ1) is 11.4. The number of carbonyl (C=O) groups excluding carboxylic acids is 1. The van der Waals surface area contributed by atoms with Gasteiger partial charge in [0.05, 0.1) is 4.92 Å². The van der Waals surface area contributed by atoms with Gasteiger partial charge in [-0.15, -0.1) is 0 Å². The molecule has 0 bridgehead atoms. The number of nitrogens with zero attached hydrogens (tertiary/aromatic N) is 1. The number of amides is 2. The van der Waals surface area contributed by atoms with Crippen molar-refractivity contribution in [3.05, 3.63) is 64.2 Å². The normalized spacial score (nSPS) is 10.0. The maximum atomic E-state index is 11.9. The summed E-state index contributed by atoms with van der Waals surface area (Å²) in [6.07, 6.45) is 0.470. The first kappa shape index (κ1) is 16.9. The molecule has 0 heterocycles. The number of benzene rings is 2. The van der Waals surface area contributed by atoms with Gasteiger partial charge in [-0.2, -0.15) is 0 Å². The van der Waals surface area contributed by atoms with E-state index >= 15 is 0 Å². The van der Waals surface area contributed by atoms with Crippen molar-refractivity contribution < 1.29 is 19.6 Å². The van der Waals surface area contributed by atoms with Crippen molar-refractivity contribution in [2.24, 2.45) is 0 Å². The van der Waals surface area contributed by atoms with Crippen molar-refractivity contribution in [3.8, 4) is 0 Å². The number of aliphatic carboxylic acids is 1. The quantitative estimate of drug-likeness (QED) is 0.554. The van der Waals surface area contributed by atoms with Gasteiger partial charge in [0.1, 0.15) is 0 Å². The van der Waals surface area contributed by atoms with Gasteiger partial charge in [-0.1, -0.05) is 12.1 Å². The highest BCUT2D eigenvalue weighted by Gasteiger charge is 2.07. The number of carboxylic acid groups (broad SMARTS) is 1. The smallest absolute Gasteiger partial charge is 0.323 e. The van der Waals surface area contributed by atoms with E-state index < -0.39 is 16.9 Å². The predicted molar refractivity (Wildman–Crippen MR) is 88.1 cm³/mol. The highest BCUT2D eigenvalue weighted by molar-refractivity contribution is 5.99. The average Bonchev–Trinajstić information content (AvgIpc) is 2.54. The minimum Gasteiger partial charge on any atom is -0.481 e. The maximum Gasteiger partial charge on any atom is 0.323 e. The Kier molecular flexibility index (Phi) is 5.45. The summed E-state index contributed by atoms with van der Waals surface area (Å²) in [6.45, 7) is 0. The zero-order chi connectivity index (χ0) is 17.5. The lowest BCUT2D eigenvalue weighted by Gasteiger charge is -2.08. The molecule has 2 aromatic rings. The lowest BCUT2D eigenvalue weighted by Crippen LogP contribution is -2.19. The molecular weight excluding hydrogens is 314 g/mol. The van der Waals surface area contributed by atoms with Gasteiger partial charge in [-0.05, 0) is 36.2 Å². The van der Waals surface area contributed by atoms with Crippen LogP contribution in [0.1, 0.15) is 12.0 Å². The molecule has 0 saturated heterocycles. The Bertz CT molecular complexity index is 741. The zero-order valence-electron chi connectivity index (χ0n) is 12.6. The number of carboxylic acids is 1. The fourth-order valence-corrected chi connectivity index (χ4v) is 1.97. The van der Waals surface area contributed by atoms with Crippen LogP contribution in [0, 0.1) is 10.1 Å². The van der Waals surface area contributed by atoms with Gasteiger partial charge in [0.15, 0.2) is 0 Å². The fourth-order valence-electron chi connectivity index (χ4n) is 1.97. The number of anilines is 2. The molecule has 0 fully saturated rings. The third kappa shape index (κ3) is 5.09. The number of urea groups is 1. The van der Waals surface area contributed by atoms with Crippen molar-refractivity contribution in [2.45, 2.75) is 12.8 Å². The predicted octanol–water partition coefficient (Wildman–Crippen LogP) is 3.26. The van der Waals surface area contributed by atoms with Crippen molar-refractivity contribution in [1.82, 2.24) is 0 Å². The van der Waals surface area contributed by atoms with Crippen LogP contribution in [0.15, 0.2) is 48.5 Å². The number of aryl methyl sites for hydroxylation is 1. The Balaban J connectivity index is 1.89. The van der Waals surface area contributed by atoms with E-state index in [-0.39, 0.29) is 12.1 Å². The van der Waals surface area contributed by atoms with E-state index in [2.05, 4.69) is 10.6 Å². The topological polar surface area (TPSA) is 122 Å². The van der Waals surface area contributed by atoms with Crippen LogP contribution in [-0.2, 0) is 11.2 Å². The number of nitro benzene ring substituents is 1. The number of nitro groups is 1. The van der Waals surface area contributed by atoms with Crippen molar-refractivity contribution in [2.75, 3.05) is 10.6 Å². The van der Waals surface area contributed by atoms with E-state index in [4.69, 9.17) is 5.11 Å². The standard InChI is InChI=1S/C16H15N3O5/c20-15(21)10-3-11-1-4-12(5-2-11)17-16(22)18-13-6-8-14(9-7-13)19(23)24/h1-2,4-9H,3,10H2,(H,20,21)(H2,17,18,22). The summed E-state index contributed by atoms with van der Waals surface area (Å²) in [4.78, 5) is 32.4. The molecule has 124 valence electrons. The van der Waals surface area contributed by atoms with Gasteiger partial charge >= 0.3 is 12.0 Å². The van der Waals surface area contributed by atoms with Gasteiger partial charge in [0.2, 0.25) is 0 Å². The number of carbonyl (C=O) groups is 2. The lowest BCUT2D eigenvalue weighted by atomic mass is 10.1. The second-order valence-electron chi connectivity index (χ2n) is 4.97. The zero-order valence-corrected chi connectivity index (χ0v) is 12.6. The molecule has 0 unspecified atom stereocenters. The Hall–Kier alpha value is -3.42. The van der Waals surface area contributed by atoms with E-state index in [0.717, 1.165) is 5.56 Å². The number of nitrogens with one attached hydrogen (secondary N) is 2. The molecule has 8 heteroatoms. The first-order valence-electron chi connectivity index (χ1n) is 7.07. The van der Waals surface area contributed by atoms with Crippen LogP contribution >= 0.6 is 0 Å². The molecule has 2 amide bonds. The summed E-state index contributed by atoms with van der Waals surface area (Å²) < 4.78 is 0. The van der Waals surface area contributed by atoms with Crippen molar-refractivity contribution >= 4 is 29.1 Å². The summed E-state index contributed by atoms with van der Waals surface area (Å²) in [5.41, 5.74) is 1.78. The summed E-state index contributed by atoms with van der Waals surface area (Å²) >= 11 is 0. The van der Waals surface area contributed by atoms with Gasteiger partial charge in [-0.3, -0.25) is 14.9 Å². The summed E-state index contributed by atoms with van der Waals surface area (Å²) in [5.74, 6) is -0.861. The Labute approximate surface area is 137 Å². The Morgan fingerprint density at radius 2 is 1.46 bits per heavy atom. The first-order valence-corrected chi connectivity index (χ1v) is 7.07. The summed E-state index contributed by atoms with van der Waals surface area (Å²) in [7, 11) is 0. The van der Waals surface area contributed by atoms with Gasteiger partial charge in [-0.25, -0.2) is 4.79 Å². The number of non-ortho nitro benzene ring substituents is 1. The molecule has 2 rings (SSSR count). The van der Waals surface area contributed by atoms with Gasteiger partial charge in [0.25, 0.3) is 5.69 Å². The van der Waals surface area contributed by atoms with E-state index in [1.54, 1.807) is 24.3 Å². The molecule has 2 aromatic carbocycles. The van der Waals surface area contributed by atoms with E-state index in [1.807, 2.05) is 0 Å². The van der Waals surface area contributed by atoms with Crippen LogP contribution in [0.25, 0.3) is 0 Å². The highest BCUT2D eigenvalue weighted by atomic mass is 16.6. The monoisotopic (exact) mass is 329 g/mol. The van der Waals surface area contributed by atoms with Crippen LogP contribution in [0.2, 0.25) is 0 Å². The molecule has 0 spiro atoms. The van der Waals surface area contributed by atoms with Crippen LogP contribution in [0.4, 0.5) is 21.9 Å². The van der Waals surface area contributed by atoms with Gasteiger partial charge in [0, 0.05) is 29.9 Å². The van der Waals surface area contributed by atoms with Crippen LogP contribution in [0.3, 0.4) is 0 Å². The third-order valence-electron chi connectivity index (χ3n) is 3.18. The van der Waals surface area contributed by atoms with Crippen LogP contribution < -0.4 is 10.6 Å². The van der Waals surface area contributed by atoms with Crippen molar-refractivity contribution in [1.29, 1.82) is 0 Å². The van der Waals surface area contributed by atoms with E-state index in [9.17, 15) is 19.7 Å². The maximum absolute atomic E-state index is 11.9. The molecule has 0 radical (unpaired) electrons. The molecule has 24 heavy (non-hydrogen) atoms. The van der Waals surface area contributed by atoms with Crippen molar-refractivity contribution in [3.63, 3.8) is 0 Å². The molecule has 3 N–H and O–H groups in total. The molecule has 0 aromatic heterocycles. The van der Waals surface area contributed by atoms with Crippen LogP contribution in [-0.4, -0.2) is 22.0 Å². The minimum absolute atomic E-state index is 0.0490. The molecule has 0 aliphatic rings. The molecule has 8 nitrogen and oxygen atoms in total. The molecule has 0 aliphatic heterocycles. The number of hydrogen-bond acceptors (Lipinski definition) is 4. The van der Waals surface area contributed by atoms with Gasteiger partial charge < -0.3 is 15.7 Å². The average molecular weight is 329 g/mol. The Morgan fingerprint density at radius 3 is 1.92 bits per heavy atom. The summed E-state index contributed by atoms with van der Waals surface area (Å²) in [5, 5.41) is 24.4. The minimum atomic E-state index is -0.861. The second kappa shape index (κ2) is 7.73. The number of rotatable bonds is 6. The molecule has 0 atom stereocenters. The molecular formula is C16H15N3O5.